The molecule has 0 saturated carbocycles. The van der Waals surface area contributed by atoms with Gasteiger partial charge in [0.1, 0.15) is 12.4 Å². The zero-order chi connectivity index (χ0) is 8.81. The van der Waals surface area contributed by atoms with E-state index in [-0.39, 0.29) is 6.61 Å². The van der Waals surface area contributed by atoms with Crippen molar-refractivity contribution in [3.8, 4) is 18.1 Å². The molecular formula is C10H8O2. The summed E-state index contributed by atoms with van der Waals surface area (Å²) in [7, 11) is 0. The Morgan fingerprint density at radius 2 is 2.42 bits per heavy atom. The van der Waals surface area contributed by atoms with Gasteiger partial charge in [0, 0.05) is 5.56 Å². The molecule has 0 saturated heterocycles. The molecule has 0 aliphatic rings. The highest BCUT2D eigenvalue weighted by Crippen LogP contribution is 2.11. The fourth-order valence-electron chi connectivity index (χ4n) is 0.806. The maximum absolute atomic E-state index is 9.97. The molecule has 0 heterocycles. The van der Waals surface area contributed by atoms with Crippen molar-refractivity contribution in [3.63, 3.8) is 0 Å². The van der Waals surface area contributed by atoms with Gasteiger partial charge in [-0.05, 0) is 18.2 Å². The second kappa shape index (κ2) is 4.20. The van der Waals surface area contributed by atoms with Crippen molar-refractivity contribution >= 4 is 6.29 Å². The van der Waals surface area contributed by atoms with Gasteiger partial charge in [-0.3, -0.25) is 4.79 Å². The Bertz CT molecular complexity index is 310. The first-order chi connectivity index (χ1) is 5.86. The van der Waals surface area contributed by atoms with E-state index in [0.717, 1.165) is 5.56 Å². The minimum Gasteiger partial charge on any atom is -0.486 e. The van der Waals surface area contributed by atoms with Gasteiger partial charge in [-0.15, -0.1) is 6.42 Å². The molecule has 60 valence electrons. The lowest BCUT2D eigenvalue weighted by molar-refractivity contribution is -0.109. The largest absolute Gasteiger partial charge is 0.486 e. The molecule has 0 aromatic heterocycles. The zero-order valence-corrected chi connectivity index (χ0v) is 6.49. The summed E-state index contributed by atoms with van der Waals surface area (Å²) in [6, 6.07) is 7.05. The molecule has 0 radical (unpaired) electrons. The maximum atomic E-state index is 9.97. The van der Waals surface area contributed by atoms with Crippen LogP contribution in [-0.2, 0) is 4.79 Å². The van der Waals surface area contributed by atoms with E-state index in [9.17, 15) is 4.79 Å². The quantitative estimate of drug-likeness (QED) is 0.491. The number of hydrogen-bond acceptors (Lipinski definition) is 2. The van der Waals surface area contributed by atoms with E-state index in [2.05, 4.69) is 5.92 Å². The van der Waals surface area contributed by atoms with E-state index in [0.29, 0.717) is 12.0 Å². The van der Waals surface area contributed by atoms with E-state index >= 15 is 0 Å². The summed E-state index contributed by atoms with van der Waals surface area (Å²) in [5, 5.41) is 0. The number of carbonyl (C=O) groups excluding carboxylic acids is 1. The van der Waals surface area contributed by atoms with Gasteiger partial charge in [0.05, 0.1) is 0 Å². The monoisotopic (exact) mass is 160 g/mol. The fraction of sp³-hybridized carbons (Fsp3) is 0.100. The minimum atomic E-state index is 0.0635. The van der Waals surface area contributed by atoms with Crippen molar-refractivity contribution in [2.24, 2.45) is 0 Å². The highest BCUT2D eigenvalue weighted by atomic mass is 16.5. The fourth-order valence-corrected chi connectivity index (χ4v) is 0.806. The SMILES string of the molecule is C#Cc1cccc(OCC=O)c1. The highest BCUT2D eigenvalue weighted by molar-refractivity contribution is 5.51. The molecule has 2 heteroatoms. The van der Waals surface area contributed by atoms with Crippen molar-refractivity contribution in [1.82, 2.24) is 0 Å². The average Bonchev–Trinajstić information content (AvgIpc) is 2.15. The van der Waals surface area contributed by atoms with Crippen LogP contribution in [0.1, 0.15) is 5.56 Å². The van der Waals surface area contributed by atoms with E-state index in [1.165, 1.54) is 0 Å². The number of benzene rings is 1. The third-order valence-corrected chi connectivity index (χ3v) is 1.32. The Morgan fingerprint density at radius 3 is 3.08 bits per heavy atom. The van der Waals surface area contributed by atoms with Crippen molar-refractivity contribution in [3.05, 3.63) is 29.8 Å². The van der Waals surface area contributed by atoms with E-state index in [1.54, 1.807) is 24.3 Å². The summed E-state index contributed by atoms with van der Waals surface area (Å²) in [5.41, 5.74) is 0.749. The van der Waals surface area contributed by atoms with Crippen LogP contribution in [0.15, 0.2) is 24.3 Å². The summed E-state index contributed by atoms with van der Waals surface area (Å²) in [6.07, 6.45) is 5.87. The molecular weight excluding hydrogens is 152 g/mol. The molecule has 0 bridgehead atoms. The highest BCUT2D eigenvalue weighted by Gasteiger charge is 1.92. The minimum absolute atomic E-state index is 0.0635. The van der Waals surface area contributed by atoms with Gasteiger partial charge in [-0.1, -0.05) is 12.0 Å². The topological polar surface area (TPSA) is 26.3 Å². The van der Waals surface area contributed by atoms with Gasteiger partial charge in [0.2, 0.25) is 0 Å². The molecule has 0 atom stereocenters. The molecule has 0 spiro atoms. The van der Waals surface area contributed by atoms with Gasteiger partial charge in [0.25, 0.3) is 0 Å². The molecule has 12 heavy (non-hydrogen) atoms. The van der Waals surface area contributed by atoms with Crippen molar-refractivity contribution in [2.45, 2.75) is 0 Å². The van der Waals surface area contributed by atoms with Crippen LogP contribution in [0.25, 0.3) is 0 Å². The lowest BCUT2D eigenvalue weighted by Gasteiger charge is -2.00. The van der Waals surface area contributed by atoms with Gasteiger partial charge in [-0.2, -0.15) is 0 Å². The first kappa shape index (κ1) is 8.35. The zero-order valence-electron chi connectivity index (χ0n) is 6.49. The summed E-state index contributed by atoms with van der Waals surface area (Å²) in [6.45, 7) is 0.0635. The Kier molecular flexibility index (Phi) is 2.92. The average molecular weight is 160 g/mol. The third-order valence-electron chi connectivity index (χ3n) is 1.32. The molecule has 0 unspecified atom stereocenters. The molecule has 0 amide bonds. The summed E-state index contributed by atoms with van der Waals surface area (Å²) in [5.74, 6) is 3.10. The Balaban J connectivity index is 2.74. The van der Waals surface area contributed by atoms with Crippen LogP contribution in [0.4, 0.5) is 0 Å². The molecule has 1 aromatic carbocycles. The first-order valence-corrected chi connectivity index (χ1v) is 3.50. The van der Waals surface area contributed by atoms with Crippen molar-refractivity contribution in [2.75, 3.05) is 6.61 Å². The normalized spacial score (nSPS) is 8.58. The number of terminal acetylenes is 1. The smallest absolute Gasteiger partial charge is 0.157 e. The predicted octanol–water partition coefficient (Wildman–Crippen LogP) is 1.25. The Hall–Kier alpha value is -1.75. The van der Waals surface area contributed by atoms with Crippen LogP contribution in [-0.4, -0.2) is 12.9 Å². The maximum Gasteiger partial charge on any atom is 0.157 e. The Morgan fingerprint density at radius 1 is 1.58 bits per heavy atom. The van der Waals surface area contributed by atoms with Gasteiger partial charge in [0.15, 0.2) is 6.29 Å². The van der Waals surface area contributed by atoms with Gasteiger partial charge >= 0.3 is 0 Å². The number of rotatable bonds is 3. The van der Waals surface area contributed by atoms with Crippen LogP contribution in [0, 0.1) is 12.3 Å². The molecule has 0 fully saturated rings. The molecule has 0 aliphatic heterocycles. The number of ether oxygens (including phenoxy) is 1. The van der Waals surface area contributed by atoms with Crippen LogP contribution < -0.4 is 4.74 Å². The van der Waals surface area contributed by atoms with Crippen molar-refractivity contribution < 1.29 is 9.53 Å². The van der Waals surface area contributed by atoms with Gasteiger partial charge in [-0.25, -0.2) is 0 Å². The standard InChI is InChI=1S/C10H8O2/c1-2-9-4-3-5-10(8-9)12-7-6-11/h1,3-6,8H,7H2. The summed E-state index contributed by atoms with van der Waals surface area (Å²) >= 11 is 0. The van der Waals surface area contributed by atoms with Crippen LogP contribution in [0.2, 0.25) is 0 Å². The number of carbonyl (C=O) groups is 1. The third kappa shape index (κ3) is 2.14. The lowest BCUT2D eigenvalue weighted by atomic mass is 10.2. The molecule has 0 aliphatic carbocycles. The number of aldehydes is 1. The summed E-state index contributed by atoms with van der Waals surface area (Å²) in [4.78, 5) is 9.97. The van der Waals surface area contributed by atoms with Crippen LogP contribution >= 0.6 is 0 Å². The lowest BCUT2D eigenvalue weighted by Crippen LogP contribution is -1.97. The summed E-state index contributed by atoms with van der Waals surface area (Å²) < 4.78 is 5.03. The molecule has 0 N–H and O–H groups in total. The second-order valence-corrected chi connectivity index (χ2v) is 2.15. The van der Waals surface area contributed by atoms with Crippen LogP contribution in [0.3, 0.4) is 0 Å². The van der Waals surface area contributed by atoms with Crippen molar-refractivity contribution in [1.29, 1.82) is 0 Å². The number of hydrogen-bond donors (Lipinski definition) is 0. The van der Waals surface area contributed by atoms with E-state index in [4.69, 9.17) is 11.2 Å². The predicted molar refractivity (Wildman–Crippen MR) is 45.9 cm³/mol. The molecule has 1 aromatic rings. The molecule has 1 rings (SSSR count). The Labute approximate surface area is 71.2 Å². The van der Waals surface area contributed by atoms with E-state index in [1.807, 2.05) is 0 Å². The molecule has 2 nitrogen and oxygen atoms in total. The van der Waals surface area contributed by atoms with Crippen LogP contribution in [0.5, 0.6) is 5.75 Å². The second-order valence-electron chi connectivity index (χ2n) is 2.15. The first-order valence-electron chi connectivity index (χ1n) is 3.50. The van der Waals surface area contributed by atoms with Gasteiger partial charge < -0.3 is 4.74 Å². The van der Waals surface area contributed by atoms with E-state index < -0.39 is 0 Å².